The van der Waals surface area contributed by atoms with Gasteiger partial charge >= 0.3 is 5.97 Å². The maximum atomic E-state index is 11.8. The van der Waals surface area contributed by atoms with Gasteiger partial charge in [0, 0.05) is 12.5 Å². The van der Waals surface area contributed by atoms with Crippen LogP contribution >= 0.6 is 0 Å². The molecule has 2 rings (SSSR count). The van der Waals surface area contributed by atoms with Gasteiger partial charge in [0.2, 0.25) is 0 Å². The number of rotatable bonds is 3. The zero-order chi connectivity index (χ0) is 13.0. The van der Waals surface area contributed by atoms with Crippen molar-refractivity contribution in [2.45, 2.75) is 12.3 Å². The van der Waals surface area contributed by atoms with Crippen LogP contribution in [0.2, 0.25) is 0 Å². The molecule has 1 heterocycles. The molecule has 1 aromatic rings. The number of esters is 1. The minimum absolute atomic E-state index is 0.0513. The first-order valence-corrected chi connectivity index (χ1v) is 6.18. The molecule has 0 aliphatic carbocycles. The maximum Gasteiger partial charge on any atom is 0.309 e. The SMILES string of the molecule is COC(=O)[C@H]1CCNC[C@H]1c1ccc(OC)cc1. The number of methoxy groups -OCH3 is 2. The highest BCUT2D eigenvalue weighted by atomic mass is 16.5. The van der Waals surface area contributed by atoms with E-state index in [1.54, 1.807) is 7.11 Å². The summed E-state index contributed by atoms with van der Waals surface area (Å²) in [6.07, 6.45) is 0.823. The summed E-state index contributed by atoms with van der Waals surface area (Å²) in [6, 6.07) is 7.90. The Bertz CT molecular complexity index is 402. The first kappa shape index (κ1) is 12.9. The van der Waals surface area contributed by atoms with E-state index in [4.69, 9.17) is 9.47 Å². The number of hydrogen-bond acceptors (Lipinski definition) is 4. The van der Waals surface area contributed by atoms with Gasteiger partial charge in [0.05, 0.1) is 20.1 Å². The predicted molar refractivity (Wildman–Crippen MR) is 68.7 cm³/mol. The van der Waals surface area contributed by atoms with Gasteiger partial charge in [-0.15, -0.1) is 0 Å². The molecule has 1 saturated heterocycles. The summed E-state index contributed by atoms with van der Waals surface area (Å²) in [5, 5.41) is 3.33. The Balaban J connectivity index is 2.19. The van der Waals surface area contributed by atoms with Crippen molar-refractivity contribution in [3.63, 3.8) is 0 Å². The van der Waals surface area contributed by atoms with E-state index < -0.39 is 0 Å². The summed E-state index contributed by atoms with van der Waals surface area (Å²) in [6.45, 7) is 1.68. The first-order valence-electron chi connectivity index (χ1n) is 6.18. The molecule has 1 fully saturated rings. The van der Waals surface area contributed by atoms with Crippen molar-refractivity contribution >= 4 is 5.97 Å². The molecule has 2 atom stereocenters. The van der Waals surface area contributed by atoms with E-state index in [2.05, 4.69) is 5.32 Å². The molecule has 4 heteroatoms. The summed E-state index contributed by atoms with van der Waals surface area (Å²) < 4.78 is 10.0. The smallest absolute Gasteiger partial charge is 0.309 e. The Kier molecular flexibility index (Phi) is 4.20. The fourth-order valence-corrected chi connectivity index (χ4v) is 2.49. The standard InChI is InChI=1S/C14H19NO3/c1-17-11-5-3-10(4-6-11)13-9-15-8-7-12(13)14(16)18-2/h3-6,12-13,15H,7-9H2,1-2H3/t12-,13-/m0/s1. The molecule has 98 valence electrons. The fourth-order valence-electron chi connectivity index (χ4n) is 2.49. The molecule has 0 radical (unpaired) electrons. The number of nitrogens with one attached hydrogen (secondary N) is 1. The lowest BCUT2D eigenvalue weighted by molar-refractivity contribution is -0.147. The van der Waals surface area contributed by atoms with Crippen LogP contribution in [0.1, 0.15) is 17.9 Å². The quantitative estimate of drug-likeness (QED) is 0.826. The largest absolute Gasteiger partial charge is 0.497 e. The third-order valence-corrected chi connectivity index (χ3v) is 3.53. The molecule has 0 unspecified atom stereocenters. The van der Waals surface area contributed by atoms with E-state index in [0.29, 0.717) is 0 Å². The van der Waals surface area contributed by atoms with Gasteiger partial charge in [-0.05, 0) is 30.7 Å². The van der Waals surface area contributed by atoms with Gasteiger partial charge in [-0.1, -0.05) is 12.1 Å². The summed E-state index contributed by atoms with van der Waals surface area (Å²) >= 11 is 0. The second-order valence-corrected chi connectivity index (χ2v) is 4.50. The maximum absolute atomic E-state index is 11.8. The van der Waals surface area contributed by atoms with Crippen molar-refractivity contribution < 1.29 is 14.3 Å². The number of carbonyl (C=O) groups is 1. The fraction of sp³-hybridized carbons (Fsp3) is 0.500. The van der Waals surface area contributed by atoms with E-state index in [1.165, 1.54) is 7.11 Å². The minimum Gasteiger partial charge on any atom is -0.497 e. The van der Waals surface area contributed by atoms with Crippen molar-refractivity contribution in [3.8, 4) is 5.75 Å². The molecule has 0 bridgehead atoms. The Labute approximate surface area is 107 Å². The van der Waals surface area contributed by atoms with Crippen molar-refractivity contribution in [3.05, 3.63) is 29.8 Å². The van der Waals surface area contributed by atoms with Gasteiger partial charge in [0.25, 0.3) is 0 Å². The normalized spacial score (nSPS) is 23.4. The van der Waals surface area contributed by atoms with E-state index in [-0.39, 0.29) is 17.8 Å². The van der Waals surface area contributed by atoms with Gasteiger partial charge in [-0.3, -0.25) is 4.79 Å². The molecular formula is C14H19NO3. The highest BCUT2D eigenvalue weighted by molar-refractivity contribution is 5.73. The average Bonchev–Trinajstić information content (AvgIpc) is 2.46. The lowest BCUT2D eigenvalue weighted by atomic mass is 9.81. The molecule has 1 N–H and O–H groups in total. The number of ether oxygens (including phenoxy) is 2. The highest BCUT2D eigenvalue weighted by Crippen LogP contribution is 2.31. The van der Waals surface area contributed by atoms with Crippen LogP contribution in [0.4, 0.5) is 0 Å². The molecular weight excluding hydrogens is 230 g/mol. The van der Waals surface area contributed by atoms with Crippen LogP contribution in [0.25, 0.3) is 0 Å². The third-order valence-electron chi connectivity index (χ3n) is 3.53. The third kappa shape index (κ3) is 2.64. The van der Waals surface area contributed by atoms with Gasteiger partial charge in [-0.25, -0.2) is 0 Å². The average molecular weight is 249 g/mol. The number of piperidine rings is 1. The van der Waals surface area contributed by atoms with Crippen LogP contribution < -0.4 is 10.1 Å². The van der Waals surface area contributed by atoms with Crippen LogP contribution in [0.3, 0.4) is 0 Å². The lowest BCUT2D eigenvalue weighted by Crippen LogP contribution is -2.39. The Morgan fingerprint density at radius 3 is 2.61 bits per heavy atom. The first-order chi connectivity index (χ1) is 8.76. The van der Waals surface area contributed by atoms with Crippen LogP contribution in [0.5, 0.6) is 5.75 Å². The summed E-state index contributed by atoms with van der Waals surface area (Å²) in [5.74, 6) is 0.844. The van der Waals surface area contributed by atoms with Crippen LogP contribution in [-0.4, -0.2) is 33.3 Å². The van der Waals surface area contributed by atoms with E-state index in [0.717, 1.165) is 30.8 Å². The highest BCUT2D eigenvalue weighted by Gasteiger charge is 2.32. The summed E-state index contributed by atoms with van der Waals surface area (Å²) in [5.41, 5.74) is 1.15. The van der Waals surface area contributed by atoms with E-state index >= 15 is 0 Å². The number of hydrogen-bond donors (Lipinski definition) is 1. The molecule has 0 saturated carbocycles. The summed E-state index contributed by atoms with van der Waals surface area (Å²) in [7, 11) is 3.10. The second kappa shape index (κ2) is 5.87. The molecule has 0 aromatic heterocycles. The number of carbonyl (C=O) groups excluding carboxylic acids is 1. The Morgan fingerprint density at radius 1 is 1.28 bits per heavy atom. The van der Waals surface area contributed by atoms with Gasteiger partial charge in [-0.2, -0.15) is 0 Å². The molecule has 1 aliphatic rings. The zero-order valence-corrected chi connectivity index (χ0v) is 10.8. The van der Waals surface area contributed by atoms with Gasteiger partial charge < -0.3 is 14.8 Å². The monoisotopic (exact) mass is 249 g/mol. The van der Waals surface area contributed by atoms with Crippen LogP contribution in [0.15, 0.2) is 24.3 Å². The van der Waals surface area contributed by atoms with Gasteiger partial charge in [0.1, 0.15) is 5.75 Å². The van der Waals surface area contributed by atoms with E-state index in [9.17, 15) is 4.79 Å². The van der Waals surface area contributed by atoms with Crippen molar-refractivity contribution in [1.29, 1.82) is 0 Å². The van der Waals surface area contributed by atoms with Crippen molar-refractivity contribution in [2.75, 3.05) is 27.3 Å². The Morgan fingerprint density at radius 2 is 2.00 bits per heavy atom. The molecule has 1 aliphatic heterocycles. The zero-order valence-electron chi connectivity index (χ0n) is 10.8. The molecule has 0 amide bonds. The minimum atomic E-state index is -0.114. The van der Waals surface area contributed by atoms with Crippen LogP contribution in [0, 0.1) is 5.92 Å². The topological polar surface area (TPSA) is 47.6 Å². The molecule has 18 heavy (non-hydrogen) atoms. The van der Waals surface area contributed by atoms with Crippen molar-refractivity contribution in [2.24, 2.45) is 5.92 Å². The van der Waals surface area contributed by atoms with E-state index in [1.807, 2.05) is 24.3 Å². The Hall–Kier alpha value is -1.55. The van der Waals surface area contributed by atoms with Gasteiger partial charge in [0.15, 0.2) is 0 Å². The predicted octanol–water partition coefficient (Wildman–Crippen LogP) is 1.56. The second-order valence-electron chi connectivity index (χ2n) is 4.50. The lowest BCUT2D eigenvalue weighted by Gasteiger charge is -2.30. The van der Waals surface area contributed by atoms with Crippen LogP contribution in [-0.2, 0) is 9.53 Å². The number of benzene rings is 1. The molecule has 0 spiro atoms. The summed E-state index contributed by atoms with van der Waals surface area (Å²) in [4.78, 5) is 11.8. The van der Waals surface area contributed by atoms with Crippen molar-refractivity contribution in [1.82, 2.24) is 5.32 Å². The molecule has 4 nitrogen and oxygen atoms in total. The molecule has 1 aromatic carbocycles.